The van der Waals surface area contributed by atoms with Crippen LogP contribution in [-0.4, -0.2) is 51.2 Å². The summed E-state index contributed by atoms with van der Waals surface area (Å²) in [5, 5.41) is 0.405. The van der Waals surface area contributed by atoms with E-state index in [2.05, 4.69) is 15.0 Å². The first kappa shape index (κ1) is 21.1. The van der Waals surface area contributed by atoms with Gasteiger partial charge in [-0.3, -0.25) is 0 Å². The molecule has 9 heteroatoms. The van der Waals surface area contributed by atoms with Gasteiger partial charge in [-0.05, 0) is 39.8 Å². The molecule has 2 aromatic heterocycles. The number of carbonyl (C=O) groups is 1. The number of hydrogen-bond acceptors (Lipinski definition) is 7. The van der Waals surface area contributed by atoms with Gasteiger partial charge >= 0.3 is 6.09 Å². The van der Waals surface area contributed by atoms with E-state index >= 15 is 0 Å². The number of nitrogens with zero attached hydrogens (tertiary/aromatic N) is 4. The fourth-order valence-corrected chi connectivity index (χ4v) is 3.15. The molecule has 0 bridgehead atoms. The maximum atomic E-state index is 12.0. The van der Waals surface area contributed by atoms with Gasteiger partial charge in [0.1, 0.15) is 17.6 Å². The van der Waals surface area contributed by atoms with Crippen molar-refractivity contribution in [2.75, 3.05) is 13.1 Å². The molecule has 3 heterocycles. The summed E-state index contributed by atoms with van der Waals surface area (Å²) < 4.78 is 17.2. The minimum absolute atomic E-state index is 0.0431. The molecule has 156 valence electrons. The van der Waals surface area contributed by atoms with Crippen molar-refractivity contribution in [3.05, 3.63) is 34.9 Å². The molecule has 3 rings (SSSR count). The molecule has 0 radical (unpaired) electrons. The van der Waals surface area contributed by atoms with Crippen molar-refractivity contribution in [1.82, 2.24) is 19.9 Å². The van der Waals surface area contributed by atoms with E-state index in [-0.39, 0.29) is 18.3 Å². The third kappa shape index (κ3) is 5.47. The summed E-state index contributed by atoms with van der Waals surface area (Å²) in [6, 6.07) is 3.41. The van der Waals surface area contributed by atoms with Crippen molar-refractivity contribution in [3.8, 4) is 17.5 Å². The molecule has 8 nitrogen and oxygen atoms in total. The highest BCUT2D eigenvalue weighted by Gasteiger charge is 2.26. The van der Waals surface area contributed by atoms with Crippen molar-refractivity contribution in [2.45, 2.75) is 52.7 Å². The molecule has 1 saturated heterocycles. The molecule has 0 unspecified atom stereocenters. The molecule has 29 heavy (non-hydrogen) atoms. The van der Waals surface area contributed by atoms with E-state index in [0.717, 1.165) is 0 Å². The molecule has 1 aliphatic rings. The zero-order valence-electron chi connectivity index (χ0n) is 17.0. The summed E-state index contributed by atoms with van der Waals surface area (Å²) in [6.07, 6.45) is 2.36. The van der Waals surface area contributed by atoms with Gasteiger partial charge in [0, 0.05) is 25.9 Å². The van der Waals surface area contributed by atoms with Gasteiger partial charge < -0.3 is 19.1 Å². The minimum Gasteiger partial charge on any atom is -0.474 e. The standard InChI is InChI=1S/C20H25ClN4O4/c1-12(2)27-20(26)25-9-7-15(8-10-25)28-18-13(3)19(23-11-22-18)29-16-5-6-17(21)24-14(16)4/h5-6,11-12,15H,7-10H2,1-4H3. The van der Waals surface area contributed by atoms with Gasteiger partial charge in [0.25, 0.3) is 0 Å². The highest BCUT2D eigenvalue weighted by Crippen LogP contribution is 2.30. The van der Waals surface area contributed by atoms with Gasteiger partial charge in [-0.2, -0.15) is 0 Å². The summed E-state index contributed by atoms with van der Waals surface area (Å²) in [5.74, 6) is 1.44. The average molecular weight is 421 g/mol. The van der Waals surface area contributed by atoms with Crippen LogP contribution in [0.2, 0.25) is 5.15 Å². The maximum absolute atomic E-state index is 12.0. The van der Waals surface area contributed by atoms with Crippen LogP contribution in [0.1, 0.15) is 37.9 Å². The van der Waals surface area contributed by atoms with E-state index in [1.165, 1.54) is 6.33 Å². The van der Waals surface area contributed by atoms with Crippen LogP contribution in [0.3, 0.4) is 0 Å². The predicted octanol–water partition coefficient (Wildman–Crippen LogP) is 4.32. The average Bonchev–Trinajstić information content (AvgIpc) is 2.67. The van der Waals surface area contributed by atoms with Crippen LogP contribution in [0, 0.1) is 13.8 Å². The first-order valence-corrected chi connectivity index (χ1v) is 9.96. The number of carbonyl (C=O) groups excluding carboxylic acids is 1. The number of aryl methyl sites for hydroxylation is 1. The summed E-state index contributed by atoms with van der Waals surface area (Å²) in [4.78, 5) is 26.4. The predicted molar refractivity (Wildman–Crippen MR) is 108 cm³/mol. The lowest BCUT2D eigenvalue weighted by Gasteiger charge is -2.31. The van der Waals surface area contributed by atoms with Gasteiger partial charge in [0.05, 0.1) is 17.4 Å². The topological polar surface area (TPSA) is 86.7 Å². The van der Waals surface area contributed by atoms with Crippen molar-refractivity contribution in [3.63, 3.8) is 0 Å². The molecular formula is C20H25ClN4O4. The van der Waals surface area contributed by atoms with E-state index in [1.807, 2.05) is 27.7 Å². The van der Waals surface area contributed by atoms with Crippen LogP contribution >= 0.6 is 11.6 Å². The smallest absolute Gasteiger partial charge is 0.410 e. The molecule has 0 spiro atoms. The fourth-order valence-electron chi connectivity index (χ4n) is 2.96. The lowest BCUT2D eigenvalue weighted by Crippen LogP contribution is -2.42. The number of aromatic nitrogens is 3. The Morgan fingerprint density at radius 1 is 1.17 bits per heavy atom. The van der Waals surface area contributed by atoms with Crippen LogP contribution in [0.15, 0.2) is 18.5 Å². The van der Waals surface area contributed by atoms with E-state index in [4.69, 9.17) is 25.8 Å². The molecule has 0 saturated carbocycles. The minimum atomic E-state index is -0.278. The van der Waals surface area contributed by atoms with Crippen molar-refractivity contribution >= 4 is 17.7 Å². The Balaban J connectivity index is 1.62. The maximum Gasteiger partial charge on any atom is 0.410 e. The number of likely N-dealkylation sites (tertiary alicyclic amines) is 1. The number of pyridine rings is 1. The third-order valence-corrected chi connectivity index (χ3v) is 4.73. The monoisotopic (exact) mass is 420 g/mol. The number of halogens is 1. The van der Waals surface area contributed by atoms with Crippen LogP contribution < -0.4 is 9.47 Å². The van der Waals surface area contributed by atoms with E-state index < -0.39 is 0 Å². The Hall–Kier alpha value is -2.61. The van der Waals surface area contributed by atoms with E-state index in [0.29, 0.717) is 59.9 Å². The second-order valence-electron chi connectivity index (χ2n) is 7.17. The van der Waals surface area contributed by atoms with E-state index in [1.54, 1.807) is 17.0 Å². The summed E-state index contributed by atoms with van der Waals surface area (Å²) >= 11 is 5.89. The Bertz CT molecular complexity index is 870. The second kappa shape index (κ2) is 9.26. The number of piperidine rings is 1. The molecule has 2 aromatic rings. The van der Waals surface area contributed by atoms with Gasteiger partial charge in [0.15, 0.2) is 5.75 Å². The highest BCUT2D eigenvalue weighted by molar-refractivity contribution is 6.29. The zero-order chi connectivity index (χ0) is 21.0. The van der Waals surface area contributed by atoms with Crippen LogP contribution in [-0.2, 0) is 4.74 Å². The third-order valence-electron chi connectivity index (χ3n) is 4.52. The SMILES string of the molecule is Cc1nc(Cl)ccc1Oc1ncnc(OC2CCN(C(=O)OC(C)C)CC2)c1C. The normalized spacial score (nSPS) is 14.8. The first-order chi connectivity index (χ1) is 13.8. The highest BCUT2D eigenvalue weighted by atomic mass is 35.5. The molecule has 0 aliphatic carbocycles. The number of rotatable bonds is 5. The van der Waals surface area contributed by atoms with Gasteiger partial charge in [-0.1, -0.05) is 11.6 Å². The summed E-state index contributed by atoms with van der Waals surface area (Å²) in [7, 11) is 0. The first-order valence-electron chi connectivity index (χ1n) is 9.58. The molecule has 0 aromatic carbocycles. The number of hydrogen-bond donors (Lipinski definition) is 0. The molecule has 0 atom stereocenters. The lowest BCUT2D eigenvalue weighted by atomic mass is 10.1. The zero-order valence-corrected chi connectivity index (χ0v) is 17.8. The Morgan fingerprint density at radius 3 is 2.52 bits per heavy atom. The van der Waals surface area contributed by atoms with Gasteiger partial charge in [-0.15, -0.1) is 0 Å². The second-order valence-corrected chi connectivity index (χ2v) is 7.55. The molecule has 0 N–H and O–H groups in total. The summed E-state index contributed by atoms with van der Waals surface area (Å²) in [6.45, 7) is 8.50. The summed E-state index contributed by atoms with van der Waals surface area (Å²) in [5.41, 5.74) is 1.36. The molecule has 1 fully saturated rings. The fraction of sp³-hybridized carbons (Fsp3) is 0.500. The molecule has 1 amide bonds. The Kier molecular flexibility index (Phi) is 6.74. The Morgan fingerprint density at radius 2 is 1.86 bits per heavy atom. The van der Waals surface area contributed by atoms with Crippen LogP contribution in [0.5, 0.6) is 17.5 Å². The van der Waals surface area contributed by atoms with Gasteiger partial charge in [0.2, 0.25) is 11.8 Å². The van der Waals surface area contributed by atoms with E-state index in [9.17, 15) is 4.79 Å². The van der Waals surface area contributed by atoms with Crippen molar-refractivity contribution in [1.29, 1.82) is 0 Å². The molecule has 1 aliphatic heterocycles. The quantitative estimate of drug-likeness (QED) is 0.665. The largest absolute Gasteiger partial charge is 0.474 e. The number of amides is 1. The molecular weight excluding hydrogens is 396 g/mol. The van der Waals surface area contributed by atoms with Crippen molar-refractivity contribution in [2.24, 2.45) is 0 Å². The number of ether oxygens (including phenoxy) is 3. The van der Waals surface area contributed by atoms with Crippen molar-refractivity contribution < 1.29 is 19.0 Å². The Labute approximate surface area is 175 Å². The lowest BCUT2D eigenvalue weighted by molar-refractivity contribution is 0.0505. The van der Waals surface area contributed by atoms with Gasteiger partial charge in [-0.25, -0.2) is 19.7 Å². The van der Waals surface area contributed by atoms with Crippen LogP contribution in [0.4, 0.5) is 4.79 Å². The van der Waals surface area contributed by atoms with Crippen LogP contribution in [0.25, 0.3) is 0 Å².